The van der Waals surface area contributed by atoms with E-state index in [4.69, 9.17) is 14.2 Å². The van der Waals surface area contributed by atoms with E-state index in [1.165, 1.54) is 135 Å². The first-order valence-electron chi connectivity index (χ1n) is 25.0. The fourth-order valence-electron chi connectivity index (χ4n) is 7.02. The summed E-state index contributed by atoms with van der Waals surface area (Å²) in [7, 11) is 0. The highest BCUT2D eigenvalue weighted by Crippen LogP contribution is 2.14. The number of rotatable bonds is 45. The lowest BCUT2D eigenvalue weighted by Gasteiger charge is -2.18. The molecular weight excluding hydrogens is 721 g/mol. The molecule has 6 nitrogen and oxygen atoms in total. The Hall–Kier alpha value is -2.37. The monoisotopic (exact) mass is 815 g/mol. The van der Waals surface area contributed by atoms with E-state index in [1.54, 1.807) is 0 Å². The Labute approximate surface area is 359 Å². The van der Waals surface area contributed by atoms with E-state index in [9.17, 15) is 14.4 Å². The Kier molecular flexibility index (Phi) is 45.4. The zero-order chi connectivity index (χ0) is 42.3. The largest absolute Gasteiger partial charge is 0.462 e. The Balaban J connectivity index is 4.31. The Morgan fingerprint density at radius 3 is 0.966 bits per heavy atom. The molecule has 58 heavy (non-hydrogen) atoms. The Morgan fingerprint density at radius 2 is 0.603 bits per heavy atom. The van der Waals surface area contributed by atoms with Crippen LogP contribution in [0.1, 0.15) is 258 Å². The second-order valence-corrected chi connectivity index (χ2v) is 16.7. The van der Waals surface area contributed by atoms with Crippen molar-refractivity contribution in [2.75, 3.05) is 13.2 Å². The van der Waals surface area contributed by atoms with Crippen LogP contribution in [0.4, 0.5) is 0 Å². The Morgan fingerprint density at radius 1 is 0.328 bits per heavy atom. The maximum absolute atomic E-state index is 12.7. The normalized spacial score (nSPS) is 12.3. The number of esters is 3. The van der Waals surface area contributed by atoms with Crippen LogP contribution in [0.3, 0.4) is 0 Å². The average Bonchev–Trinajstić information content (AvgIpc) is 3.22. The number of unbranched alkanes of at least 4 members (excludes halogenated alkanes) is 28. The fraction of sp³-hybridized carbons (Fsp3) is 0.827. The smallest absolute Gasteiger partial charge is 0.306 e. The van der Waals surface area contributed by atoms with Crippen molar-refractivity contribution in [3.8, 4) is 0 Å². The van der Waals surface area contributed by atoms with Gasteiger partial charge in [0.1, 0.15) is 13.2 Å². The highest BCUT2D eigenvalue weighted by molar-refractivity contribution is 5.71. The first kappa shape index (κ1) is 55.6. The predicted octanol–water partition coefficient (Wildman–Crippen LogP) is 16.1. The van der Waals surface area contributed by atoms with Crippen LogP contribution >= 0.6 is 0 Å². The minimum atomic E-state index is -0.777. The summed E-state index contributed by atoms with van der Waals surface area (Å²) in [6, 6.07) is 0. The quantitative estimate of drug-likeness (QED) is 0.0264. The highest BCUT2D eigenvalue weighted by atomic mass is 16.6. The number of hydrogen-bond donors (Lipinski definition) is 0. The van der Waals surface area contributed by atoms with Gasteiger partial charge in [-0.15, -0.1) is 0 Å². The molecule has 6 heteroatoms. The van der Waals surface area contributed by atoms with Gasteiger partial charge in [-0.25, -0.2) is 0 Å². The SMILES string of the molecule is CCC/C=C\CCCCCCCC(=O)OCC(COC(=O)CCCCCCCCC/C=C\CCCCCCCCC)OC(=O)CCCCCCC/C=C\CCCCC. The van der Waals surface area contributed by atoms with Gasteiger partial charge in [-0.3, -0.25) is 14.4 Å². The molecule has 0 aliphatic rings. The van der Waals surface area contributed by atoms with Crippen molar-refractivity contribution < 1.29 is 28.6 Å². The number of ether oxygens (including phenoxy) is 3. The van der Waals surface area contributed by atoms with Gasteiger partial charge in [0.15, 0.2) is 6.10 Å². The summed E-state index contributed by atoms with van der Waals surface area (Å²) < 4.78 is 16.7. The van der Waals surface area contributed by atoms with Gasteiger partial charge < -0.3 is 14.2 Å². The van der Waals surface area contributed by atoms with Crippen LogP contribution in [0, 0.1) is 0 Å². The molecule has 0 spiro atoms. The van der Waals surface area contributed by atoms with Crippen LogP contribution in [0.15, 0.2) is 36.5 Å². The molecule has 1 atom stereocenters. The summed E-state index contributed by atoms with van der Waals surface area (Å²) in [5.41, 5.74) is 0. The molecule has 0 aliphatic heterocycles. The average molecular weight is 815 g/mol. The summed E-state index contributed by atoms with van der Waals surface area (Å²) in [5, 5.41) is 0. The molecule has 0 amide bonds. The standard InChI is InChI=1S/C52H94O6/c1-4-7-10-13-16-19-22-24-25-26-27-28-29-31-33-36-39-42-45-51(54)57-48-49(47-56-50(53)44-41-38-35-32-21-18-15-12-9-6-3)58-52(55)46-43-40-37-34-30-23-20-17-14-11-8-5-2/h12,15,17,20,25-26,49H,4-11,13-14,16,18-19,21-24,27-48H2,1-3H3/b15-12-,20-17-,26-25-. The summed E-state index contributed by atoms with van der Waals surface area (Å²) in [6.45, 7) is 6.54. The van der Waals surface area contributed by atoms with E-state index in [0.29, 0.717) is 19.3 Å². The molecule has 0 saturated carbocycles. The third-order valence-corrected chi connectivity index (χ3v) is 10.8. The number of hydrogen-bond acceptors (Lipinski definition) is 6. The van der Waals surface area contributed by atoms with Crippen molar-refractivity contribution in [1.29, 1.82) is 0 Å². The molecule has 0 rings (SSSR count). The lowest BCUT2D eigenvalue weighted by molar-refractivity contribution is -0.167. The molecule has 0 radical (unpaired) electrons. The van der Waals surface area contributed by atoms with Crippen molar-refractivity contribution in [3.63, 3.8) is 0 Å². The number of carbonyl (C=O) groups is 3. The molecular formula is C52H94O6. The minimum Gasteiger partial charge on any atom is -0.462 e. The van der Waals surface area contributed by atoms with Crippen LogP contribution in [-0.2, 0) is 28.6 Å². The van der Waals surface area contributed by atoms with Gasteiger partial charge in [0.05, 0.1) is 0 Å². The van der Waals surface area contributed by atoms with Crippen LogP contribution < -0.4 is 0 Å². The van der Waals surface area contributed by atoms with Crippen molar-refractivity contribution in [3.05, 3.63) is 36.5 Å². The molecule has 0 N–H and O–H groups in total. The molecule has 0 saturated heterocycles. The number of allylic oxidation sites excluding steroid dienone is 6. The van der Waals surface area contributed by atoms with Gasteiger partial charge in [0.25, 0.3) is 0 Å². The number of carbonyl (C=O) groups excluding carboxylic acids is 3. The van der Waals surface area contributed by atoms with Crippen molar-refractivity contribution in [1.82, 2.24) is 0 Å². The molecule has 0 fully saturated rings. The minimum absolute atomic E-state index is 0.0794. The van der Waals surface area contributed by atoms with Gasteiger partial charge in [-0.2, -0.15) is 0 Å². The second-order valence-electron chi connectivity index (χ2n) is 16.7. The molecule has 0 bridgehead atoms. The van der Waals surface area contributed by atoms with Crippen molar-refractivity contribution in [2.24, 2.45) is 0 Å². The van der Waals surface area contributed by atoms with Crippen molar-refractivity contribution >= 4 is 17.9 Å². The summed E-state index contributed by atoms with van der Waals surface area (Å²) in [5.74, 6) is -0.899. The molecule has 0 heterocycles. The first-order chi connectivity index (χ1) is 28.5. The zero-order valence-corrected chi connectivity index (χ0v) is 38.6. The van der Waals surface area contributed by atoms with Gasteiger partial charge in [-0.1, -0.05) is 186 Å². The molecule has 0 aromatic carbocycles. The molecule has 338 valence electrons. The first-order valence-corrected chi connectivity index (χ1v) is 25.0. The topological polar surface area (TPSA) is 78.9 Å². The van der Waals surface area contributed by atoms with Crippen LogP contribution in [0.25, 0.3) is 0 Å². The van der Waals surface area contributed by atoms with Crippen LogP contribution in [-0.4, -0.2) is 37.2 Å². The molecule has 0 aliphatic carbocycles. The molecule has 0 aromatic rings. The van der Waals surface area contributed by atoms with E-state index < -0.39 is 6.10 Å². The van der Waals surface area contributed by atoms with E-state index in [2.05, 4.69) is 57.2 Å². The lowest BCUT2D eigenvalue weighted by Crippen LogP contribution is -2.30. The van der Waals surface area contributed by atoms with Crippen LogP contribution in [0.2, 0.25) is 0 Å². The van der Waals surface area contributed by atoms with Crippen LogP contribution in [0.5, 0.6) is 0 Å². The van der Waals surface area contributed by atoms with E-state index in [-0.39, 0.29) is 31.1 Å². The molecule has 1 unspecified atom stereocenters. The van der Waals surface area contributed by atoms with Gasteiger partial charge in [0.2, 0.25) is 0 Å². The van der Waals surface area contributed by atoms with Gasteiger partial charge in [-0.05, 0) is 89.9 Å². The van der Waals surface area contributed by atoms with Gasteiger partial charge >= 0.3 is 17.9 Å². The fourth-order valence-corrected chi connectivity index (χ4v) is 7.02. The highest BCUT2D eigenvalue weighted by Gasteiger charge is 2.19. The van der Waals surface area contributed by atoms with E-state index in [1.807, 2.05) is 0 Å². The third-order valence-electron chi connectivity index (χ3n) is 10.8. The maximum atomic E-state index is 12.7. The van der Waals surface area contributed by atoms with E-state index in [0.717, 1.165) is 83.5 Å². The summed E-state index contributed by atoms with van der Waals surface area (Å²) in [4.78, 5) is 37.8. The summed E-state index contributed by atoms with van der Waals surface area (Å²) in [6.07, 6.45) is 54.2. The second kappa shape index (κ2) is 47.3. The van der Waals surface area contributed by atoms with Gasteiger partial charge in [0, 0.05) is 19.3 Å². The third kappa shape index (κ3) is 44.7. The maximum Gasteiger partial charge on any atom is 0.306 e. The van der Waals surface area contributed by atoms with Crippen molar-refractivity contribution in [2.45, 2.75) is 264 Å². The van der Waals surface area contributed by atoms with E-state index >= 15 is 0 Å². The zero-order valence-electron chi connectivity index (χ0n) is 38.6. The predicted molar refractivity (Wildman–Crippen MR) is 247 cm³/mol. The Bertz CT molecular complexity index is 984. The summed E-state index contributed by atoms with van der Waals surface area (Å²) >= 11 is 0. The lowest BCUT2D eigenvalue weighted by atomic mass is 10.1. The molecule has 0 aromatic heterocycles.